The van der Waals surface area contributed by atoms with Gasteiger partial charge in [0, 0.05) is 31.2 Å². The molecule has 0 saturated carbocycles. The van der Waals surface area contributed by atoms with Crippen LogP contribution in [0.3, 0.4) is 0 Å². The zero-order chi connectivity index (χ0) is 10.8. The molecule has 0 amide bonds. The van der Waals surface area contributed by atoms with E-state index in [-0.39, 0.29) is 12.6 Å². The monoisotopic (exact) mass is 209 g/mol. The fourth-order valence-electron chi connectivity index (χ4n) is 2.12. The van der Waals surface area contributed by atoms with E-state index in [4.69, 9.17) is 9.52 Å². The van der Waals surface area contributed by atoms with E-state index in [0.717, 1.165) is 18.8 Å². The average Bonchev–Trinajstić information content (AvgIpc) is 2.83. The molecule has 2 heterocycles. The van der Waals surface area contributed by atoms with Crippen LogP contribution in [0.25, 0.3) is 0 Å². The highest BCUT2D eigenvalue weighted by molar-refractivity contribution is 5.71. The van der Waals surface area contributed by atoms with E-state index in [1.165, 1.54) is 0 Å². The summed E-state index contributed by atoms with van der Waals surface area (Å²) in [5.74, 6) is 1.37. The highest BCUT2D eigenvalue weighted by Crippen LogP contribution is 2.30. The van der Waals surface area contributed by atoms with Crippen molar-refractivity contribution in [1.82, 2.24) is 0 Å². The third kappa shape index (κ3) is 1.77. The number of aliphatic hydroxyl groups excluding tert-OH is 1. The molecule has 82 valence electrons. The fraction of sp³-hybridized carbons (Fsp3) is 0.545. The molecule has 0 aliphatic carbocycles. The van der Waals surface area contributed by atoms with Crippen molar-refractivity contribution >= 4 is 12.2 Å². The standard InChI is InChI=1S/C11H15NO3/c1-8-9(6-13)4-5-12(8)11-3-2-10(7-14)15-11/h2-3,7-9,13H,4-6H2,1H3. The number of nitrogens with zero attached hydrogens (tertiary/aromatic N) is 1. The first-order valence-corrected chi connectivity index (χ1v) is 5.18. The molecule has 0 bridgehead atoms. The Kier molecular flexibility index (Phi) is 2.77. The number of rotatable bonds is 3. The topological polar surface area (TPSA) is 53.7 Å². The lowest BCUT2D eigenvalue weighted by Gasteiger charge is -2.23. The Balaban J connectivity index is 2.14. The Hall–Kier alpha value is -1.29. The molecule has 4 nitrogen and oxygen atoms in total. The molecule has 1 aromatic heterocycles. The van der Waals surface area contributed by atoms with E-state index in [1.54, 1.807) is 12.1 Å². The van der Waals surface area contributed by atoms with Gasteiger partial charge >= 0.3 is 0 Å². The summed E-state index contributed by atoms with van der Waals surface area (Å²) in [6.07, 6.45) is 1.67. The van der Waals surface area contributed by atoms with Crippen LogP contribution in [0.4, 0.5) is 5.88 Å². The summed E-state index contributed by atoms with van der Waals surface area (Å²) >= 11 is 0. The van der Waals surface area contributed by atoms with Crippen LogP contribution >= 0.6 is 0 Å². The highest BCUT2D eigenvalue weighted by Gasteiger charge is 2.31. The second kappa shape index (κ2) is 4.06. The normalized spacial score (nSPS) is 25.9. The van der Waals surface area contributed by atoms with Crippen LogP contribution in [0.1, 0.15) is 23.9 Å². The van der Waals surface area contributed by atoms with Crippen LogP contribution in [-0.4, -0.2) is 30.6 Å². The van der Waals surface area contributed by atoms with Crippen LogP contribution in [0.15, 0.2) is 16.5 Å². The average molecular weight is 209 g/mol. The van der Waals surface area contributed by atoms with Gasteiger partial charge in [-0.3, -0.25) is 4.79 Å². The van der Waals surface area contributed by atoms with Crippen molar-refractivity contribution in [2.45, 2.75) is 19.4 Å². The molecule has 1 aromatic rings. The van der Waals surface area contributed by atoms with Crippen LogP contribution in [0, 0.1) is 5.92 Å². The molecular weight excluding hydrogens is 194 g/mol. The van der Waals surface area contributed by atoms with Crippen molar-refractivity contribution < 1.29 is 14.3 Å². The molecular formula is C11H15NO3. The van der Waals surface area contributed by atoms with E-state index in [9.17, 15) is 4.79 Å². The van der Waals surface area contributed by atoms with Crippen LogP contribution < -0.4 is 4.90 Å². The van der Waals surface area contributed by atoms with E-state index in [2.05, 4.69) is 11.8 Å². The zero-order valence-corrected chi connectivity index (χ0v) is 8.72. The summed E-state index contributed by atoms with van der Waals surface area (Å²) in [5, 5.41) is 9.14. The van der Waals surface area contributed by atoms with Gasteiger partial charge in [-0.15, -0.1) is 0 Å². The lowest BCUT2D eigenvalue weighted by molar-refractivity contribution is 0.110. The van der Waals surface area contributed by atoms with E-state index >= 15 is 0 Å². The molecule has 0 aromatic carbocycles. The molecule has 4 heteroatoms. The summed E-state index contributed by atoms with van der Waals surface area (Å²) in [6, 6.07) is 3.74. The molecule has 2 atom stereocenters. The van der Waals surface area contributed by atoms with Crippen molar-refractivity contribution in [2.24, 2.45) is 5.92 Å². The van der Waals surface area contributed by atoms with Crippen LogP contribution in [0.5, 0.6) is 0 Å². The fourth-order valence-corrected chi connectivity index (χ4v) is 2.12. The molecule has 1 aliphatic heterocycles. The number of hydrogen-bond acceptors (Lipinski definition) is 4. The van der Waals surface area contributed by atoms with Crippen LogP contribution in [0.2, 0.25) is 0 Å². The minimum Gasteiger partial charge on any atom is -0.438 e. The predicted molar refractivity (Wildman–Crippen MR) is 56.1 cm³/mol. The second-order valence-corrected chi connectivity index (χ2v) is 3.96. The van der Waals surface area contributed by atoms with E-state index < -0.39 is 0 Å². The van der Waals surface area contributed by atoms with Gasteiger partial charge in [-0.1, -0.05) is 0 Å². The molecule has 1 N–H and O–H groups in total. The molecule has 1 saturated heterocycles. The second-order valence-electron chi connectivity index (χ2n) is 3.96. The summed E-state index contributed by atoms with van der Waals surface area (Å²) in [5.41, 5.74) is 0. The van der Waals surface area contributed by atoms with Gasteiger partial charge in [-0.05, 0) is 19.4 Å². The van der Waals surface area contributed by atoms with Crippen molar-refractivity contribution in [3.8, 4) is 0 Å². The maximum absolute atomic E-state index is 10.5. The van der Waals surface area contributed by atoms with Crippen molar-refractivity contribution in [1.29, 1.82) is 0 Å². The first-order valence-electron chi connectivity index (χ1n) is 5.18. The van der Waals surface area contributed by atoms with Gasteiger partial charge in [0.05, 0.1) is 0 Å². The maximum Gasteiger partial charge on any atom is 0.196 e. The SMILES string of the molecule is CC1C(CO)CCN1c1ccc(C=O)o1. The van der Waals surface area contributed by atoms with Gasteiger partial charge in [0.25, 0.3) is 0 Å². The summed E-state index contributed by atoms with van der Waals surface area (Å²) in [6.45, 7) is 3.15. The molecule has 0 spiro atoms. The van der Waals surface area contributed by atoms with Gasteiger partial charge in [-0.25, -0.2) is 0 Å². The van der Waals surface area contributed by atoms with E-state index in [0.29, 0.717) is 18.0 Å². The molecule has 2 unspecified atom stereocenters. The smallest absolute Gasteiger partial charge is 0.196 e. The van der Waals surface area contributed by atoms with Gasteiger partial charge in [0.1, 0.15) is 0 Å². The first kappa shape index (κ1) is 10.2. The van der Waals surface area contributed by atoms with Gasteiger partial charge in [0.15, 0.2) is 17.9 Å². The number of anilines is 1. The minimum atomic E-state index is 0.207. The van der Waals surface area contributed by atoms with Crippen molar-refractivity contribution in [3.63, 3.8) is 0 Å². The Bertz CT molecular complexity index is 347. The van der Waals surface area contributed by atoms with Gasteiger partial charge < -0.3 is 14.4 Å². The third-order valence-electron chi connectivity index (χ3n) is 3.16. The number of carbonyl (C=O) groups is 1. The minimum absolute atomic E-state index is 0.207. The Morgan fingerprint density at radius 1 is 1.67 bits per heavy atom. The van der Waals surface area contributed by atoms with Crippen molar-refractivity contribution in [2.75, 3.05) is 18.1 Å². The molecule has 1 fully saturated rings. The van der Waals surface area contributed by atoms with Crippen LogP contribution in [-0.2, 0) is 0 Å². The third-order valence-corrected chi connectivity index (χ3v) is 3.16. The molecule has 0 radical (unpaired) electrons. The zero-order valence-electron chi connectivity index (χ0n) is 8.72. The highest BCUT2D eigenvalue weighted by atomic mass is 16.4. The Morgan fingerprint density at radius 2 is 2.47 bits per heavy atom. The number of hydrogen-bond donors (Lipinski definition) is 1. The Morgan fingerprint density at radius 3 is 3.00 bits per heavy atom. The molecule has 15 heavy (non-hydrogen) atoms. The number of aliphatic hydroxyl groups is 1. The van der Waals surface area contributed by atoms with E-state index in [1.807, 2.05) is 0 Å². The lowest BCUT2D eigenvalue weighted by atomic mass is 10.0. The predicted octanol–water partition coefficient (Wildman–Crippen LogP) is 1.30. The number of carbonyl (C=O) groups excluding carboxylic acids is 1. The van der Waals surface area contributed by atoms with Gasteiger partial charge in [0.2, 0.25) is 0 Å². The van der Waals surface area contributed by atoms with Gasteiger partial charge in [-0.2, -0.15) is 0 Å². The quantitative estimate of drug-likeness (QED) is 0.762. The summed E-state index contributed by atoms with van der Waals surface area (Å²) in [4.78, 5) is 12.6. The largest absolute Gasteiger partial charge is 0.438 e. The number of aldehydes is 1. The summed E-state index contributed by atoms with van der Waals surface area (Å²) in [7, 11) is 0. The van der Waals surface area contributed by atoms with Crippen molar-refractivity contribution in [3.05, 3.63) is 17.9 Å². The molecule has 1 aliphatic rings. The number of furan rings is 1. The summed E-state index contributed by atoms with van der Waals surface area (Å²) < 4.78 is 5.36. The lowest BCUT2D eigenvalue weighted by Crippen LogP contribution is -2.30. The maximum atomic E-state index is 10.5. The molecule has 2 rings (SSSR count). The first-order chi connectivity index (χ1) is 7.26. The Labute approximate surface area is 88.5 Å².